The number of hydrogen-bond acceptors (Lipinski definition) is 7. The highest BCUT2D eigenvalue weighted by molar-refractivity contribution is 5.55. The monoisotopic (exact) mass is 282 g/mol. The van der Waals surface area contributed by atoms with Gasteiger partial charge in [-0.05, 0) is 18.6 Å². The van der Waals surface area contributed by atoms with E-state index in [9.17, 15) is 0 Å². The molecule has 3 heterocycles. The van der Waals surface area contributed by atoms with E-state index in [-0.39, 0.29) is 0 Å². The quantitative estimate of drug-likeness (QED) is 0.754. The molecule has 0 atom stereocenters. The Morgan fingerprint density at radius 1 is 1.10 bits per heavy atom. The minimum atomic E-state index is 0.424. The van der Waals surface area contributed by atoms with E-state index in [1.54, 1.807) is 18.7 Å². The van der Waals surface area contributed by atoms with Gasteiger partial charge in [-0.3, -0.25) is 4.98 Å². The van der Waals surface area contributed by atoms with Gasteiger partial charge in [-0.25, -0.2) is 4.98 Å². The van der Waals surface area contributed by atoms with Crippen LogP contribution in [-0.4, -0.2) is 41.2 Å². The molecule has 0 bridgehead atoms. The molecule has 0 amide bonds. The Kier molecular flexibility index (Phi) is 3.77. The molecule has 21 heavy (non-hydrogen) atoms. The fourth-order valence-electron chi connectivity index (χ4n) is 1.72. The molecule has 1 N–H and O–H groups in total. The van der Waals surface area contributed by atoms with Crippen LogP contribution in [0.3, 0.4) is 0 Å². The summed E-state index contributed by atoms with van der Waals surface area (Å²) in [6, 6.07) is 3.70. The Balaban J connectivity index is 2.05. The second-order valence-corrected chi connectivity index (χ2v) is 4.29. The van der Waals surface area contributed by atoms with Gasteiger partial charge < -0.3 is 5.32 Å². The lowest BCUT2D eigenvalue weighted by molar-refractivity contribution is 0.794. The normalized spacial score (nSPS) is 10.5. The van der Waals surface area contributed by atoms with E-state index < -0.39 is 0 Å². The Hall–Kier alpha value is -2.90. The Morgan fingerprint density at radius 3 is 2.67 bits per heavy atom. The Labute approximate surface area is 121 Å². The number of nitrogens with zero attached hydrogens (tertiary/aromatic N) is 7. The Bertz CT molecular complexity index is 695. The molecular weight excluding hydrogens is 268 g/mol. The van der Waals surface area contributed by atoms with E-state index in [1.165, 1.54) is 11.0 Å². The van der Waals surface area contributed by atoms with E-state index in [2.05, 4.69) is 42.3 Å². The third-order valence-corrected chi connectivity index (χ3v) is 2.72. The topological polar surface area (TPSA) is 94.3 Å². The predicted molar refractivity (Wildman–Crippen MR) is 76.8 cm³/mol. The van der Waals surface area contributed by atoms with Crippen LogP contribution in [0.2, 0.25) is 0 Å². The molecule has 0 spiro atoms. The zero-order valence-corrected chi connectivity index (χ0v) is 11.5. The van der Waals surface area contributed by atoms with Crippen LogP contribution >= 0.6 is 0 Å². The minimum absolute atomic E-state index is 0.424. The largest absolute Gasteiger partial charge is 0.354 e. The van der Waals surface area contributed by atoms with E-state index >= 15 is 0 Å². The molecule has 8 nitrogen and oxygen atoms in total. The summed E-state index contributed by atoms with van der Waals surface area (Å²) in [4.78, 5) is 21.1. The van der Waals surface area contributed by atoms with Gasteiger partial charge in [-0.15, -0.1) is 0 Å². The molecule has 3 aromatic heterocycles. The summed E-state index contributed by atoms with van der Waals surface area (Å²) in [6.45, 7) is 2.87. The molecule has 0 saturated carbocycles. The van der Waals surface area contributed by atoms with Crippen LogP contribution in [0.25, 0.3) is 17.3 Å². The lowest BCUT2D eigenvalue weighted by atomic mass is 10.2. The highest BCUT2D eigenvalue weighted by atomic mass is 15.4. The summed E-state index contributed by atoms with van der Waals surface area (Å²) in [5, 5.41) is 7.22. The first kappa shape index (κ1) is 13.1. The van der Waals surface area contributed by atoms with Crippen molar-refractivity contribution in [2.24, 2.45) is 0 Å². The van der Waals surface area contributed by atoms with Crippen molar-refractivity contribution in [3.05, 3.63) is 37.2 Å². The van der Waals surface area contributed by atoms with Crippen LogP contribution in [0, 0.1) is 0 Å². The van der Waals surface area contributed by atoms with Crippen LogP contribution < -0.4 is 5.32 Å². The van der Waals surface area contributed by atoms with Gasteiger partial charge in [0.1, 0.15) is 12.7 Å². The summed E-state index contributed by atoms with van der Waals surface area (Å²) in [5.74, 6) is 1.51. The average Bonchev–Trinajstić information content (AvgIpc) is 3.08. The number of nitrogens with one attached hydrogen (secondary N) is 1. The smallest absolute Gasteiger partial charge is 0.257 e. The molecule has 0 unspecified atom stereocenters. The van der Waals surface area contributed by atoms with E-state index in [0.29, 0.717) is 17.7 Å². The summed E-state index contributed by atoms with van der Waals surface area (Å²) >= 11 is 0. The first-order valence-corrected chi connectivity index (χ1v) is 6.62. The summed E-state index contributed by atoms with van der Waals surface area (Å²) < 4.78 is 1.50. The van der Waals surface area contributed by atoms with Crippen molar-refractivity contribution >= 4 is 5.95 Å². The third kappa shape index (κ3) is 2.99. The van der Waals surface area contributed by atoms with Crippen LogP contribution in [0.15, 0.2) is 37.2 Å². The van der Waals surface area contributed by atoms with Gasteiger partial charge >= 0.3 is 0 Å². The van der Waals surface area contributed by atoms with Gasteiger partial charge in [0.2, 0.25) is 5.95 Å². The third-order valence-electron chi connectivity index (χ3n) is 2.72. The molecule has 0 saturated heterocycles. The second kappa shape index (κ2) is 6.04. The van der Waals surface area contributed by atoms with Crippen molar-refractivity contribution in [2.75, 3.05) is 11.9 Å². The molecule has 106 valence electrons. The van der Waals surface area contributed by atoms with Crippen molar-refractivity contribution < 1.29 is 0 Å². The summed E-state index contributed by atoms with van der Waals surface area (Å²) in [7, 11) is 0. The predicted octanol–water partition coefficient (Wildman–Crippen LogP) is 1.34. The highest BCUT2D eigenvalue weighted by Crippen LogP contribution is 2.16. The molecule has 3 aromatic rings. The first-order chi connectivity index (χ1) is 10.4. The van der Waals surface area contributed by atoms with Crippen LogP contribution in [0.5, 0.6) is 0 Å². The molecule has 0 fully saturated rings. The number of rotatable bonds is 5. The fourth-order valence-corrected chi connectivity index (χ4v) is 1.72. The first-order valence-electron chi connectivity index (χ1n) is 6.62. The lowest BCUT2D eigenvalue weighted by Gasteiger charge is -2.08. The zero-order chi connectivity index (χ0) is 14.5. The molecular formula is C13H14N8. The van der Waals surface area contributed by atoms with Crippen molar-refractivity contribution in [1.82, 2.24) is 34.7 Å². The highest BCUT2D eigenvalue weighted by Gasteiger charge is 2.10. The molecule has 0 aliphatic heterocycles. The van der Waals surface area contributed by atoms with E-state index in [4.69, 9.17) is 0 Å². The van der Waals surface area contributed by atoms with E-state index in [1.807, 2.05) is 12.1 Å². The number of hydrogen-bond donors (Lipinski definition) is 1. The van der Waals surface area contributed by atoms with Crippen LogP contribution in [-0.2, 0) is 0 Å². The van der Waals surface area contributed by atoms with Gasteiger partial charge in [0.25, 0.3) is 5.95 Å². The molecule has 3 rings (SSSR count). The van der Waals surface area contributed by atoms with Gasteiger partial charge in [0, 0.05) is 24.5 Å². The van der Waals surface area contributed by atoms with Crippen molar-refractivity contribution in [3.8, 4) is 17.3 Å². The molecule has 0 aliphatic carbocycles. The van der Waals surface area contributed by atoms with Crippen LogP contribution in [0.4, 0.5) is 5.95 Å². The molecule has 8 heteroatoms. The standard InChI is InChI=1S/C13H14N8/c1-2-5-16-12-18-11(10-3-6-14-7-4-10)19-13(20-12)21-9-15-8-17-21/h3-4,6-9H,2,5H2,1H3,(H,16,18,19,20). The minimum Gasteiger partial charge on any atom is -0.354 e. The maximum absolute atomic E-state index is 4.43. The van der Waals surface area contributed by atoms with Crippen molar-refractivity contribution in [1.29, 1.82) is 0 Å². The SMILES string of the molecule is CCCNc1nc(-c2ccncc2)nc(-n2cncn2)n1. The fraction of sp³-hybridized carbons (Fsp3) is 0.231. The number of anilines is 1. The van der Waals surface area contributed by atoms with Gasteiger partial charge in [0.05, 0.1) is 0 Å². The molecule has 0 aromatic carbocycles. The number of aromatic nitrogens is 7. The van der Waals surface area contributed by atoms with Gasteiger partial charge in [-0.1, -0.05) is 6.92 Å². The lowest BCUT2D eigenvalue weighted by Crippen LogP contribution is -2.11. The van der Waals surface area contributed by atoms with Crippen molar-refractivity contribution in [3.63, 3.8) is 0 Å². The van der Waals surface area contributed by atoms with Gasteiger partial charge in [-0.2, -0.15) is 24.7 Å². The molecule has 0 radical (unpaired) electrons. The Morgan fingerprint density at radius 2 is 1.95 bits per heavy atom. The van der Waals surface area contributed by atoms with E-state index in [0.717, 1.165) is 18.5 Å². The second-order valence-electron chi connectivity index (χ2n) is 4.29. The average molecular weight is 282 g/mol. The molecule has 0 aliphatic rings. The summed E-state index contributed by atoms with van der Waals surface area (Å²) in [6.07, 6.45) is 7.38. The van der Waals surface area contributed by atoms with Crippen LogP contribution in [0.1, 0.15) is 13.3 Å². The summed E-state index contributed by atoms with van der Waals surface area (Å²) in [5.41, 5.74) is 0.869. The van der Waals surface area contributed by atoms with Gasteiger partial charge in [0.15, 0.2) is 5.82 Å². The maximum atomic E-state index is 4.43. The van der Waals surface area contributed by atoms with Crippen molar-refractivity contribution in [2.45, 2.75) is 13.3 Å². The zero-order valence-electron chi connectivity index (χ0n) is 11.5. The maximum Gasteiger partial charge on any atom is 0.257 e. The number of pyridine rings is 1.